The van der Waals surface area contributed by atoms with Gasteiger partial charge in [0.05, 0.1) is 23.4 Å². The fourth-order valence-electron chi connectivity index (χ4n) is 5.78. The summed E-state index contributed by atoms with van der Waals surface area (Å²) in [5.41, 5.74) is 3.11. The number of nitrogens with zero attached hydrogens (tertiary/aromatic N) is 3. The molecule has 0 fully saturated rings. The predicted molar refractivity (Wildman–Crippen MR) is 167 cm³/mol. The van der Waals surface area contributed by atoms with Gasteiger partial charge in [-0.15, -0.1) is 11.3 Å². The third kappa shape index (κ3) is 5.10. The first-order valence-corrected chi connectivity index (χ1v) is 14.7. The summed E-state index contributed by atoms with van der Waals surface area (Å²) in [7, 11) is 0. The van der Waals surface area contributed by atoms with Crippen LogP contribution in [0, 0.1) is 0 Å². The predicted octanol–water partition coefficient (Wildman–Crippen LogP) is 6.79. The molecule has 4 heterocycles. The van der Waals surface area contributed by atoms with Crippen LogP contribution in [-0.4, -0.2) is 34.1 Å². The Balaban J connectivity index is 1.52. The van der Waals surface area contributed by atoms with Crippen molar-refractivity contribution in [2.24, 2.45) is 4.99 Å². The number of thiophene rings is 1. The molecule has 214 valence electrons. The Kier molecular flexibility index (Phi) is 6.95. The zero-order valence-electron chi connectivity index (χ0n) is 24.2. The molecule has 5 aromatic rings. The molecule has 0 saturated carbocycles. The zero-order valence-corrected chi connectivity index (χ0v) is 25.0. The van der Waals surface area contributed by atoms with E-state index in [1.807, 2.05) is 54.7 Å². The van der Waals surface area contributed by atoms with Crippen LogP contribution in [0.2, 0.25) is 0 Å². The van der Waals surface area contributed by atoms with E-state index < -0.39 is 5.63 Å². The van der Waals surface area contributed by atoms with E-state index in [1.54, 1.807) is 30.0 Å². The number of ether oxygens (including phenoxy) is 1. The molecule has 6 rings (SSSR count). The number of para-hydroxylation sites is 2. The van der Waals surface area contributed by atoms with Crippen molar-refractivity contribution in [3.63, 3.8) is 0 Å². The maximum Gasteiger partial charge on any atom is 0.345 e. The number of esters is 1. The second-order valence-electron chi connectivity index (χ2n) is 11.6. The fraction of sp³-hybridized carbons (Fsp3) is 0.273. The molecular weight excluding hydrogens is 548 g/mol. The molecule has 0 aliphatic carbocycles. The summed E-state index contributed by atoms with van der Waals surface area (Å²) < 4.78 is 12.9. The van der Waals surface area contributed by atoms with Crippen molar-refractivity contribution in [2.45, 2.75) is 52.1 Å². The van der Waals surface area contributed by atoms with Crippen molar-refractivity contribution >= 4 is 39.5 Å². The van der Waals surface area contributed by atoms with Crippen LogP contribution in [0.4, 0.5) is 5.00 Å². The lowest BCUT2D eigenvalue weighted by Gasteiger charge is -2.42. The third-order valence-corrected chi connectivity index (χ3v) is 8.75. The first-order valence-electron chi connectivity index (χ1n) is 13.9. The minimum atomic E-state index is -0.490. The van der Waals surface area contributed by atoms with Gasteiger partial charge in [-0.25, -0.2) is 19.3 Å². The fourth-order valence-corrected chi connectivity index (χ4v) is 6.99. The van der Waals surface area contributed by atoms with Gasteiger partial charge in [0.15, 0.2) is 0 Å². The molecule has 0 amide bonds. The van der Waals surface area contributed by atoms with Gasteiger partial charge in [0, 0.05) is 39.3 Å². The number of rotatable bonds is 6. The van der Waals surface area contributed by atoms with Gasteiger partial charge in [0.1, 0.15) is 16.3 Å². The van der Waals surface area contributed by atoms with Gasteiger partial charge in [0.2, 0.25) is 0 Å². The Bertz CT molecular complexity index is 1900. The highest BCUT2D eigenvalue weighted by Crippen LogP contribution is 2.46. The van der Waals surface area contributed by atoms with E-state index in [0.29, 0.717) is 39.4 Å². The molecule has 0 saturated heterocycles. The third-order valence-electron chi connectivity index (χ3n) is 7.29. The monoisotopic (exact) mass is 580 g/mol. The summed E-state index contributed by atoms with van der Waals surface area (Å²) in [5, 5.41) is 9.84. The van der Waals surface area contributed by atoms with Gasteiger partial charge in [-0.3, -0.25) is 0 Å². The van der Waals surface area contributed by atoms with Crippen LogP contribution in [0.25, 0.3) is 27.9 Å². The summed E-state index contributed by atoms with van der Waals surface area (Å²) in [6.07, 6.45) is 4.16. The topological polar surface area (TPSA) is 98.7 Å². The van der Waals surface area contributed by atoms with Gasteiger partial charge in [0.25, 0.3) is 0 Å². The van der Waals surface area contributed by atoms with Crippen molar-refractivity contribution < 1.29 is 13.9 Å². The Morgan fingerprint density at radius 3 is 2.64 bits per heavy atom. The SMILES string of the molecule is CCOC(=O)c1c(N=Cc2cn(-c3ccccc3)nc2-c2cc3ccccc3oc2=O)sc2c1CC(C)(C)NC2(C)C. The highest BCUT2D eigenvalue weighted by molar-refractivity contribution is 7.16. The second kappa shape index (κ2) is 10.5. The van der Waals surface area contributed by atoms with Crippen LogP contribution in [-0.2, 0) is 16.7 Å². The molecule has 1 N–H and O–H groups in total. The Hall–Kier alpha value is -4.34. The Labute approximate surface area is 247 Å². The van der Waals surface area contributed by atoms with Crippen molar-refractivity contribution in [2.75, 3.05) is 6.61 Å². The number of hydrogen-bond acceptors (Lipinski definition) is 8. The molecular formula is C33H32N4O4S. The van der Waals surface area contributed by atoms with Crippen molar-refractivity contribution in [3.05, 3.63) is 98.8 Å². The Morgan fingerprint density at radius 2 is 1.88 bits per heavy atom. The average molecular weight is 581 g/mol. The first-order chi connectivity index (χ1) is 20.1. The number of nitrogens with one attached hydrogen (secondary N) is 1. The largest absolute Gasteiger partial charge is 0.462 e. The van der Waals surface area contributed by atoms with E-state index in [0.717, 1.165) is 21.5 Å². The molecule has 0 atom stereocenters. The quantitative estimate of drug-likeness (QED) is 0.135. The number of fused-ring (bicyclic) bond motifs is 2. The maximum atomic E-state index is 13.3. The van der Waals surface area contributed by atoms with Gasteiger partial charge < -0.3 is 14.5 Å². The molecule has 8 nitrogen and oxygen atoms in total. The summed E-state index contributed by atoms with van der Waals surface area (Å²) in [6.45, 7) is 10.6. The summed E-state index contributed by atoms with van der Waals surface area (Å²) in [6, 6.07) is 18.8. The molecule has 0 bridgehead atoms. The summed E-state index contributed by atoms with van der Waals surface area (Å²) in [4.78, 5) is 32.4. The molecule has 0 radical (unpaired) electrons. The van der Waals surface area contributed by atoms with Crippen LogP contribution in [0.15, 0.2) is 81.1 Å². The number of carbonyl (C=O) groups excluding carboxylic acids is 1. The van der Waals surface area contributed by atoms with Crippen LogP contribution >= 0.6 is 11.3 Å². The van der Waals surface area contributed by atoms with E-state index in [-0.39, 0.29) is 23.7 Å². The molecule has 0 spiro atoms. The van der Waals surface area contributed by atoms with Gasteiger partial charge >= 0.3 is 11.6 Å². The number of carbonyl (C=O) groups is 1. The number of hydrogen-bond donors (Lipinski definition) is 1. The molecule has 42 heavy (non-hydrogen) atoms. The van der Waals surface area contributed by atoms with Crippen molar-refractivity contribution in [1.82, 2.24) is 15.1 Å². The van der Waals surface area contributed by atoms with E-state index in [9.17, 15) is 9.59 Å². The van der Waals surface area contributed by atoms with Crippen LogP contribution in [0.1, 0.15) is 61.0 Å². The normalized spacial score (nSPS) is 15.6. The lowest BCUT2D eigenvalue weighted by atomic mass is 9.81. The number of benzene rings is 2. The number of aliphatic imine (C=N–C) groups is 1. The first kappa shape index (κ1) is 27.8. The van der Waals surface area contributed by atoms with E-state index in [4.69, 9.17) is 19.2 Å². The van der Waals surface area contributed by atoms with Crippen LogP contribution < -0.4 is 10.9 Å². The zero-order chi connectivity index (χ0) is 29.6. The lowest BCUT2D eigenvalue weighted by molar-refractivity contribution is 0.0525. The molecule has 2 aromatic carbocycles. The number of aromatic nitrogens is 2. The molecule has 3 aromatic heterocycles. The van der Waals surface area contributed by atoms with E-state index in [1.165, 1.54) is 11.3 Å². The minimum Gasteiger partial charge on any atom is -0.462 e. The Morgan fingerprint density at radius 1 is 1.14 bits per heavy atom. The molecule has 1 aliphatic heterocycles. The van der Waals surface area contributed by atoms with Crippen LogP contribution in [0.5, 0.6) is 0 Å². The van der Waals surface area contributed by atoms with Gasteiger partial charge in [-0.1, -0.05) is 36.4 Å². The van der Waals surface area contributed by atoms with Gasteiger partial charge in [-0.2, -0.15) is 5.10 Å². The van der Waals surface area contributed by atoms with E-state index in [2.05, 4.69) is 33.0 Å². The standard InChI is InChI=1S/C33H32N4O4S/c1-6-40-31(39)26-24-17-32(2,3)36-33(4,5)28(24)42-29(26)34-18-21-19-37(22-13-8-7-9-14-22)35-27(21)23-16-20-12-10-11-15-25(20)41-30(23)38/h7-16,18-19,36H,6,17H2,1-5H3. The molecule has 0 unspecified atom stereocenters. The smallest absolute Gasteiger partial charge is 0.345 e. The molecule has 9 heteroatoms. The lowest BCUT2D eigenvalue weighted by Crippen LogP contribution is -2.55. The maximum absolute atomic E-state index is 13.3. The van der Waals surface area contributed by atoms with Crippen LogP contribution in [0.3, 0.4) is 0 Å². The minimum absolute atomic E-state index is 0.214. The van der Waals surface area contributed by atoms with Crippen molar-refractivity contribution in [3.8, 4) is 16.9 Å². The van der Waals surface area contributed by atoms with Gasteiger partial charge in [-0.05, 0) is 70.9 Å². The second-order valence-corrected chi connectivity index (χ2v) is 12.6. The van der Waals surface area contributed by atoms with E-state index >= 15 is 0 Å². The van der Waals surface area contributed by atoms with Crippen molar-refractivity contribution in [1.29, 1.82) is 0 Å². The summed E-state index contributed by atoms with van der Waals surface area (Å²) in [5.74, 6) is -0.383. The highest BCUT2D eigenvalue weighted by Gasteiger charge is 2.42. The average Bonchev–Trinajstić information content (AvgIpc) is 3.53. The molecule has 1 aliphatic rings. The summed E-state index contributed by atoms with van der Waals surface area (Å²) >= 11 is 1.48. The highest BCUT2D eigenvalue weighted by atomic mass is 32.1.